The number of thiol groups is 1. The molecule has 0 spiro atoms. The van der Waals surface area contributed by atoms with E-state index < -0.39 is 53.8 Å². The number of nitrogens with two attached hydrogens (primary N) is 2. The predicted molar refractivity (Wildman–Crippen MR) is 126 cm³/mol. The molecule has 0 saturated heterocycles. The highest BCUT2D eigenvalue weighted by atomic mass is 32.2. The van der Waals surface area contributed by atoms with Gasteiger partial charge in [-0.2, -0.15) is 24.4 Å². The molecular formula is C19H35N5O6S2. The highest BCUT2D eigenvalue weighted by Crippen LogP contribution is 2.08. The van der Waals surface area contributed by atoms with Gasteiger partial charge in [-0.05, 0) is 37.2 Å². The van der Waals surface area contributed by atoms with Crippen LogP contribution in [0.5, 0.6) is 0 Å². The minimum Gasteiger partial charge on any atom is -0.480 e. The first-order chi connectivity index (χ1) is 14.9. The van der Waals surface area contributed by atoms with Gasteiger partial charge in [-0.15, -0.1) is 0 Å². The Bertz CT molecular complexity index is 664. The van der Waals surface area contributed by atoms with Gasteiger partial charge in [0.15, 0.2) is 0 Å². The summed E-state index contributed by atoms with van der Waals surface area (Å²) in [5, 5.41) is 16.5. The second-order valence-electron chi connectivity index (χ2n) is 7.73. The number of nitrogens with one attached hydrogen (secondary N) is 3. The van der Waals surface area contributed by atoms with Crippen molar-refractivity contribution in [1.29, 1.82) is 0 Å². The summed E-state index contributed by atoms with van der Waals surface area (Å²) in [7, 11) is 0. The van der Waals surface area contributed by atoms with Crippen LogP contribution in [0.15, 0.2) is 0 Å². The van der Waals surface area contributed by atoms with Gasteiger partial charge >= 0.3 is 5.97 Å². The van der Waals surface area contributed by atoms with Crippen LogP contribution in [0.4, 0.5) is 0 Å². The van der Waals surface area contributed by atoms with E-state index in [1.54, 1.807) is 11.8 Å². The lowest BCUT2D eigenvalue weighted by atomic mass is 10.0. The number of carboxylic acids is 1. The van der Waals surface area contributed by atoms with Crippen LogP contribution in [0.25, 0.3) is 0 Å². The van der Waals surface area contributed by atoms with E-state index in [0.29, 0.717) is 12.2 Å². The van der Waals surface area contributed by atoms with Crippen molar-refractivity contribution in [1.82, 2.24) is 16.0 Å². The van der Waals surface area contributed by atoms with Crippen molar-refractivity contribution < 1.29 is 29.1 Å². The van der Waals surface area contributed by atoms with Gasteiger partial charge in [-0.25, -0.2) is 4.79 Å². The number of primary amides is 1. The SMILES string of the molecule is CSCCC(N)C(=O)NC(CC(C)C)C(=O)NC(CCC(N)=O)C(=O)NC(CS)C(=O)O. The van der Waals surface area contributed by atoms with Gasteiger partial charge in [-0.1, -0.05) is 13.8 Å². The van der Waals surface area contributed by atoms with E-state index in [0.717, 1.165) is 0 Å². The lowest BCUT2D eigenvalue weighted by Gasteiger charge is -2.25. The molecule has 0 heterocycles. The Morgan fingerprint density at radius 3 is 1.94 bits per heavy atom. The van der Waals surface area contributed by atoms with Gasteiger partial charge < -0.3 is 32.5 Å². The third kappa shape index (κ3) is 12.2. The second-order valence-corrected chi connectivity index (χ2v) is 9.08. The molecule has 0 aromatic rings. The molecule has 32 heavy (non-hydrogen) atoms. The first-order valence-corrected chi connectivity index (χ1v) is 12.2. The van der Waals surface area contributed by atoms with Crippen LogP contribution >= 0.6 is 24.4 Å². The van der Waals surface area contributed by atoms with Crippen LogP contribution in [-0.4, -0.2) is 76.6 Å². The summed E-state index contributed by atoms with van der Waals surface area (Å²) in [6, 6.07) is -4.26. The van der Waals surface area contributed by atoms with Crippen LogP contribution in [0.3, 0.4) is 0 Å². The van der Waals surface area contributed by atoms with Gasteiger partial charge in [0.2, 0.25) is 23.6 Å². The highest BCUT2D eigenvalue weighted by Gasteiger charge is 2.30. The molecule has 0 bridgehead atoms. The lowest BCUT2D eigenvalue weighted by molar-refractivity contribution is -0.141. The Kier molecular flexibility index (Phi) is 14.8. The molecule has 11 nitrogen and oxygen atoms in total. The van der Waals surface area contributed by atoms with E-state index in [1.807, 2.05) is 20.1 Å². The van der Waals surface area contributed by atoms with Crippen molar-refractivity contribution >= 4 is 54.0 Å². The van der Waals surface area contributed by atoms with Gasteiger partial charge in [-0.3, -0.25) is 19.2 Å². The normalized spacial score (nSPS) is 14.7. The molecule has 0 saturated carbocycles. The Morgan fingerprint density at radius 1 is 0.938 bits per heavy atom. The lowest BCUT2D eigenvalue weighted by Crippen LogP contribution is -2.57. The zero-order valence-electron chi connectivity index (χ0n) is 18.6. The molecule has 0 aromatic carbocycles. The molecule has 13 heteroatoms. The summed E-state index contributed by atoms with van der Waals surface area (Å²) in [5.41, 5.74) is 11.0. The van der Waals surface area contributed by atoms with E-state index in [4.69, 9.17) is 16.6 Å². The number of carboxylic acid groups (broad SMARTS) is 1. The molecule has 4 unspecified atom stereocenters. The van der Waals surface area contributed by atoms with E-state index in [-0.39, 0.29) is 30.9 Å². The standard InChI is InChI=1S/C19H35N5O6S2/c1-10(2)8-13(23-16(26)11(20)6-7-32-3)18(28)22-12(4-5-15(21)25)17(27)24-14(9-31)19(29)30/h10-14,31H,4-9,20H2,1-3H3,(H2,21,25)(H,22,28)(H,23,26)(H,24,27)(H,29,30). The van der Waals surface area contributed by atoms with Crippen LogP contribution in [0.1, 0.15) is 39.5 Å². The van der Waals surface area contributed by atoms with E-state index in [1.165, 1.54) is 0 Å². The molecule has 4 amide bonds. The fourth-order valence-electron chi connectivity index (χ4n) is 2.64. The first kappa shape index (κ1) is 30.0. The molecule has 184 valence electrons. The molecule has 0 rings (SSSR count). The molecule has 0 aromatic heterocycles. The Labute approximate surface area is 198 Å². The number of amides is 4. The van der Waals surface area contributed by atoms with Gasteiger partial charge in [0, 0.05) is 12.2 Å². The monoisotopic (exact) mass is 493 g/mol. The quantitative estimate of drug-likeness (QED) is 0.131. The third-order valence-corrected chi connectivity index (χ3v) is 5.43. The molecule has 0 aliphatic carbocycles. The number of carbonyl (C=O) groups is 5. The average molecular weight is 494 g/mol. The predicted octanol–water partition coefficient (Wildman–Crippen LogP) is -1.15. The maximum Gasteiger partial charge on any atom is 0.327 e. The van der Waals surface area contributed by atoms with Gasteiger partial charge in [0.25, 0.3) is 0 Å². The van der Waals surface area contributed by atoms with Crippen LogP contribution < -0.4 is 27.4 Å². The van der Waals surface area contributed by atoms with Crippen molar-refractivity contribution in [2.45, 2.75) is 63.7 Å². The van der Waals surface area contributed by atoms with E-state index in [9.17, 15) is 24.0 Å². The number of rotatable bonds is 16. The number of aliphatic carboxylic acids is 1. The zero-order chi connectivity index (χ0) is 24.8. The van der Waals surface area contributed by atoms with Gasteiger partial charge in [0.05, 0.1) is 6.04 Å². The van der Waals surface area contributed by atoms with Crippen LogP contribution in [0, 0.1) is 5.92 Å². The number of hydrogen-bond donors (Lipinski definition) is 7. The minimum absolute atomic E-state index is 0.0342. The van der Waals surface area contributed by atoms with Crippen molar-refractivity contribution in [2.24, 2.45) is 17.4 Å². The second kappa shape index (κ2) is 15.8. The summed E-state index contributed by atoms with van der Waals surface area (Å²) >= 11 is 5.43. The number of carbonyl (C=O) groups excluding carboxylic acids is 4. The van der Waals surface area contributed by atoms with Crippen molar-refractivity contribution in [3.8, 4) is 0 Å². The molecule has 8 N–H and O–H groups in total. The molecule has 4 atom stereocenters. The maximum absolute atomic E-state index is 12.9. The van der Waals surface area contributed by atoms with Crippen LogP contribution in [0.2, 0.25) is 0 Å². The maximum atomic E-state index is 12.9. The molecule has 0 aliphatic heterocycles. The first-order valence-electron chi connectivity index (χ1n) is 10.2. The summed E-state index contributed by atoms with van der Waals surface area (Å²) in [6.07, 6.45) is 2.26. The fourth-order valence-corrected chi connectivity index (χ4v) is 3.38. The topological polar surface area (TPSA) is 194 Å². The van der Waals surface area contributed by atoms with E-state index in [2.05, 4.69) is 28.6 Å². The Hall–Kier alpha value is -1.99. The Balaban J connectivity index is 5.43. The van der Waals surface area contributed by atoms with Crippen molar-refractivity contribution in [3.05, 3.63) is 0 Å². The minimum atomic E-state index is -1.29. The average Bonchev–Trinajstić information content (AvgIpc) is 2.71. The van der Waals surface area contributed by atoms with Gasteiger partial charge in [0.1, 0.15) is 18.1 Å². The fraction of sp³-hybridized carbons (Fsp3) is 0.737. The Morgan fingerprint density at radius 2 is 1.47 bits per heavy atom. The molecule has 0 fully saturated rings. The summed E-state index contributed by atoms with van der Waals surface area (Å²) in [4.78, 5) is 60.2. The highest BCUT2D eigenvalue weighted by molar-refractivity contribution is 7.98. The summed E-state index contributed by atoms with van der Waals surface area (Å²) in [5.74, 6) is -3.37. The van der Waals surface area contributed by atoms with Crippen molar-refractivity contribution in [3.63, 3.8) is 0 Å². The largest absolute Gasteiger partial charge is 0.480 e. The molecule has 0 aliphatic rings. The summed E-state index contributed by atoms with van der Waals surface area (Å²) < 4.78 is 0. The third-order valence-electron chi connectivity index (χ3n) is 4.42. The van der Waals surface area contributed by atoms with Crippen molar-refractivity contribution in [2.75, 3.05) is 17.8 Å². The summed E-state index contributed by atoms with van der Waals surface area (Å²) in [6.45, 7) is 3.73. The number of hydrogen-bond acceptors (Lipinski definition) is 8. The van der Waals surface area contributed by atoms with Crippen LogP contribution in [-0.2, 0) is 24.0 Å². The molecular weight excluding hydrogens is 458 g/mol. The number of thioether (sulfide) groups is 1. The smallest absolute Gasteiger partial charge is 0.327 e. The van der Waals surface area contributed by atoms with E-state index >= 15 is 0 Å². The molecule has 0 radical (unpaired) electrons. The zero-order valence-corrected chi connectivity index (χ0v) is 20.3.